The number of carbonyl (C=O) groups excluding carboxylic acids is 3. The van der Waals surface area contributed by atoms with Gasteiger partial charge in [-0.05, 0) is 50.9 Å². The van der Waals surface area contributed by atoms with E-state index < -0.39 is 6.04 Å². The van der Waals surface area contributed by atoms with Gasteiger partial charge in [0.1, 0.15) is 12.6 Å². The van der Waals surface area contributed by atoms with Crippen LogP contribution in [-0.4, -0.2) is 68.4 Å². The fraction of sp³-hybridized carbons (Fsp3) is 0.609. The molecule has 4 unspecified atom stereocenters. The van der Waals surface area contributed by atoms with Crippen LogP contribution in [0.25, 0.3) is 0 Å². The van der Waals surface area contributed by atoms with Crippen molar-refractivity contribution < 1.29 is 19.1 Å². The Morgan fingerprint density at radius 3 is 2.53 bits per heavy atom. The Labute approximate surface area is 179 Å². The zero-order chi connectivity index (χ0) is 22.1. The highest BCUT2D eigenvalue weighted by molar-refractivity contribution is 5.94. The molecule has 166 valence electrons. The van der Waals surface area contributed by atoms with E-state index in [0.29, 0.717) is 24.9 Å². The molecule has 1 heterocycles. The lowest BCUT2D eigenvalue weighted by Crippen LogP contribution is -2.46. The monoisotopic (exact) mass is 417 g/mol. The molecule has 1 aliphatic heterocycles. The van der Waals surface area contributed by atoms with E-state index in [1.165, 1.54) is 0 Å². The number of carbonyl (C=O) groups is 3. The minimum atomic E-state index is -0.551. The van der Waals surface area contributed by atoms with Crippen LogP contribution in [0.15, 0.2) is 30.3 Å². The van der Waals surface area contributed by atoms with Crippen LogP contribution >= 0.6 is 0 Å². The minimum absolute atomic E-state index is 0.0589. The van der Waals surface area contributed by atoms with E-state index in [0.717, 1.165) is 13.0 Å². The van der Waals surface area contributed by atoms with Gasteiger partial charge in [-0.2, -0.15) is 0 Å². The van der Waals surface area contributed by atoms with Crippen LogP contribution in [0.5, 0.6) is 0 Å². The second kappa shape index (κ2) is 11.8. The zero-order valence-corrected chi connectivity index (χ0v) is 18.5. The van der Waals surface area contributed by atoms with Gasteiger partial charge in [0, 0.05) is 25.1 Å². The van der Waals surface area contributed by atoms with E-state index in [4.69, 9.17) is 4.74 Å². The Morgan fingerprint density at radius 1 is 1.17 bits per heavy atom. The molecule has 1 aromatic rings. The quantitative estimate of drug-likeness (QED) is 0.574. The van der Waals surface area contributed by atoms with Crippen LogP contribution in [0.1, 0.15) is 43.5 Å². The van der Waals surface area contributed by atoms with E-state index in [2.05, 4.69) is 17.6 Å². The highest BCUT2D eigenvalue weighted by Gasteiger charge is 2.36. The number of benzene rings is 1. The summed E-state index contributed by atoms with van der Waals surface area (Å²) in [5, 5.41) is 5.81. The number of hydrogen-bond acceptors (Lipinski definition) is 5. The molecule has 0 aliphatic carbocycles. The molecule has 30 heavy (non-hydrogen) atoms. The summed E-state index contributed by atoms with van der Waals surface area (Å²) in [4.78, 5) is 38.8. The molecule has 7 nitrogen and oxygen atoms in total. The number of amides is 2. The highest BCUT2D eigenvalue weighted by atomic mass is 16.5. The Kier molecular flexibility index (Phi) is 9.46. The number of ether oxygens (including phenoxy) is 1. The van der Waals surface area contributed by atoms with Crippen LogP contribution in [0.3, 0.4) is 0 Å². The Morgan fingerprint density at radius 2 is 1.87 bits per heavy atom. The fourth-order valence-electron chi connectivity index (χ4n) is 3.51. The Bertz CT molecular complexity index is 708. The van der Waals surface area contributed by atoms with Gasteiger partial charge in [-0.1, -0.05) is 32.0 Å². The summed E-state index contributed by atoms with van der Waals surface area (Å²) in [6, 6.07) is 8.57. The lowest BCUT2D eigenvalue weighted by atomic mass is 9.89. The van der Waals surface area contributed by atoms with Gasteiger partial charge in [-0.25, -0.2) is 0 Å². The first kappa shape index (κ1) is 24.0. The van der Waals surface area contributed by atoms with Gasteiger partial charge in [0.15, 0.2) is 5.78 Å². The maximum atomic E-state index is 12.5. The van der Waals surface area contributed by atoms with E-state index >= 15 is 0 Å². The van der Waals surface area contributed by atoms with Gasteiger partial charge in [0.05, 0.1) is 6.10 Å². The summed E-state index contributed by atoms with van der Waals surface area (Å²) in [7, 11) is 3.94. The largest absolute Gasteiger partial charge is 0.368 e. The minimum Gasteiger partial charge on any atom is -0.368 e. The van der Waals surface area contributed by atoms with Crippen molar-refractivity contribution in [2.75, 3.05) is 33.8 Å². The fourth-order valence-corrected chi connectivity index (χ4v) is 3.51. The molecule has 0 bridgehead atoms. The molecule has 0 saturated carbocycles. The normalized spacial score (nSPS) is 20.8. The van der Waals surface area contributed by atoms with E-state index in [-0.39, 0.29) is 42.1 Å². The van der Waals surface area contributed by atoms with Crippen molar-refractivity contribution in [2.24, 2.45) is 11.8 Å². The van der Waals surface area contributed by atoms with Crippen molar-refractivity contribution in [3.63, 3.8) is 0 Å². The second-order valence-corrected chi connectivity index (χ2v) is 8.52. The lowest BCUT2D eigenvalue weighted by Gasteiger charge is -2.23. The van der Waals surface area contributed by atoms with Crippen LogP contribution < -0.4 is 10.6 Å². The van der Waals surface area contributed by atoms with Gasteiger partial charge in [0.25, 0.3) is 5.91 Å². The van der Waals surface area contributed by atoms with Crippen molar-refractivity contribution in [3.05, 3.63) is 35.9 Å². The average molecular weight is 418 g/mol. The molecular weight excluding hydrogens is 382 g/mol. The maximum absolute atomic E-state index is 12.5. The number of rotatable bonds is 11. The molecule has 2 rings (SSSR count). The molecule has 0 radical (unpaired) electrons. The average Bonchev–Trinajstić information content (AvgIpc) is 3.06. The van der Waals surface area contributed by atoms with Crippen LogP contribution in [0, 0.1) is 11.8 Å². The summed E-state index contributed by atoms with van der Waals surface area (Å²) in [5.41, 5.74) is 0.643. The number of ketones is 1. The number of nitrogens with one attached hydrogen (secondary N) is 2. The molecule has 1 fully saturated rings. The molecule has 4 atom stereocenters. The third-order valence-electron chi connectivity index (χ3n) is 5.74. The molecule has 0 spiro atoms. The Hall–Kier alpha value is -2.25. The number of Topliss-reactive ketones (excluding diaryl/α,β-unsaturated/α-hetero) is 1. The van der Waals surface area contributed by atoms with E-state index in [1.54, 1.807) is 12.1 Å². The summed E-state index contributed by atoms with van der Waals surface area (Å²) < 4.78 is 5.56. The van der Waals surface area contributed by atoms with Crippen LogP contribution in [-0.2, 0) is 14.3 Å². The molecule has 2 N–H and O–H groups in total. The lowest BCUT2D eigenvalue weighted by molar-refractivity contribution is -0.127. The molecule has 7 heteroatoms. The molecule has 2 amide bonds. The Balaban J connectivity index is 1.73. The molecular formula is C23H35N3O4. The molecule has 1 aliphatic rings. The van der Waals surface area contributed by atoms with Crippen LogP contribution in [0.4, 0.5) is 0 Å². The first-order valence-electron chi connectivity index (χ1n) is 10.7. The van der Waals surface area contributed by atoms with Crippen molar-refractivity contribution in [3.8, 4) is 0 Å². The second-order valence-electron chi connectivity index (χ2n) is 8.52. The van der Waals surface area contributed by atoms with Crippen LogP contribution in [0.2, 0.25) is 0 Å². The van der Waals surface area contributed by atoms with Gasteiger partial charge < -0.3 is 20.3 Å². The predicted molar refractivity (Wildman–Crippen MR) is 116 cm³/mol. The topological polar surface area (TPSA) is 87.7 Å². The molecule has 1 aromatic carbocycles. The van der Waals surface area contributed by atoms with E-state index in [1.807, 2.05) is 44.1 Å². The van der Waals surface area contributed by atoms with Gasteiger partial charge in [0.2, 0.25) is 5.91 Å². The standard InChI is InChI=1S/C23H35N3O4/c1-16(10-12-24-23(29)18-8-6-5-7-9-18)17(2)14-21(28)25-22-19(27)15-30-20(22)11-13-26(3)4/h5-9,16-17,20,22H,10-15H2,1-4H3,(H,24,29)(H,25,28). The SMILES string of the molecule is CC(CCNC(=O)c1ccccc1)C(C)CC(=O)NC1C(=O)COC1CCN(C)C. The van der Waals surface area contributed by atoms with Gasteiger partial charge in [-0.15, -0.1) is 0 Å². The predicted octanol–water partition coefficient (Wildman–Crippen LogP) is 1.87. The van der Waals surface area contributed by atoms with Gasteiger partial charge in [-0.3, -0.25) is 14.4 Å². The summed E-state index contributed by atoms with van der Waals surface area (Å²) in [5.74, 6) is 0.123. The molecule has 0 aromatic heterocycles. The maximum Gasteiger partial charge on any atom is 0.251 e. The van der Waals surface area contributed by atoms with Crippen molar-refractivity contribution in [2.45, 2.75) is 45.3 Å². The third-order valence-corrected chi connectivity index (χ3v) is 5.74. The highest BCUT2D eigenvalue weighted by Crippen LogP contribution is 2.20. The smallest absolute Gasteiger partial charge is 0.251 e. The molecule has 1 saturated heterocycles. The third kappa shape index (κ3) is 7.54. The summed E-state index contributed by atoms with van der Waals surface area (Å²) >= 11 is 0. The first-order chi connectivity index (χ1) is 14.3. The van der Waals surface area contributed by atoms with Crippen molar-refractivity contribution >= 4 is 17.6 Å². The first-order valence-corrected chi connectivity index (χ1v) is 10.7. The summed E-state index contributed by atoms with van der Waals surface area (Å²) in [6.07, 6.45) is 1.57. The zero-order valence-electron chi connectivity index (χ0n) is 18.5. The van der Waals surface area contributed by atoms with Crippen molar-refractivity contribution in [1.82, 2.24) is 15.5 Å². The van der Waals surface area contributed by atoms with Gasteiger partial charge >= 0.3 is 0 Å². The van der Waals surface area contributed by atoms with E-state index in [9.17, 15) is 14.4 Å². The number of hydrogen-bond donors (Lipinski definition) is 2. The number of nitrogens with zero attached hydrogens (tertiary/aromatic N) is 1. The van der Waals surface area contributed by atoms with Crippen molar-refractivity contribution in [1.29, 1.82) is 0 Å². The summed E-state index contributed by atoms with van der Waals surface area (Å²) in [6.45, 7) is 5.53.